The molecule has 0 saturated heterocycles. The zero-order valence-electron chi connectivity index (χ0n) is 8.39. The minimum atomic E-state index is 0.319. The largest absolute Gasteiger partial charge is 0.264 e. The van der Waals surface area contributed by atoms with Crippen LogP contribution in [0.2, 0.25) is 5.02 Å². The number of nitrogens with zero attached hydrogens (tertiary/aromatic N) is 3. The van der Waals surface area contributed by atoms with Crippen LogP contribution in [0, 0.1) is 11.3 Å². The molecule has 0 fully saturated rings. The van der Waals surface area contributed by atoms with Gasteiger partial charge in [0.2, 0.25) is 0 Å². The van der Waals surface area contributed by atoms with Gasteiger partial charge in [0.05, 0.1) is 23.2 Å². The number of rotatable bonds is 2. The van der Waals surface area contributed by atoms with Crippen LogP contribution in [-0.4, -0.2) is 9.97 Å². The summed E-state index contributed by atoms with van der Waals surface area (Å²) in [6.45, 7) is 0. The zero-order valence-corrected chi connectivity index (χ0v) is 9.15. The van der Waals surface area contributed by atoms with Crippen molar-refractivity contribution in [3.63, 3.8) is 0 Å². The van der Waals surface area contributed by atoms with Crippen LogP contribution in [-0.2, 0) is 6.42 Å². The monoisotopic (exact) mass is 229 g/mol. The first-order valence-corrected chi connectivity index (χ1v) is 5.11. The molecule has 0 atom stereocenters. The summed E-state index contributed by atoms with van der Waals surface area (Å²) in [5, 5.41) is 9.11. The van der Waals surface area contributed by atoms with Crippen LogP contribution in [0.4, 0.5) is 0 Å². The second-order valence-corrected chi connectivity index (χ2v) is 3.66. The Labute approximate surface area is 98.4 Å². The topological polar surface area (TPSA) is 49.6 Å². The second-order valence-electron chi connectivity index (χ2n) is 3.25. The molecule has 0 radical (unpaired) electrons. The van der Waals surface area contributed by atoms with Gasteiger partial charge in [-0.05, 0) is 23.8 Å². The highest BCUT2D eigenvalue weighted by Gasteiger charge is 2.05. The summed E-state index contributed by atoms with van der Waals surface area (Å²) in [5.41, 5.74) is 2.38. The van der Waals surface area contributed by atoms with Crippen LogP contribution >= 0.6 is 11.6 Å². The van der Waals surface area contributed by atoms with Crippen molar-refractivity contribution in [2.24, 2.45) is 0 Å². The SMILES string of the molecule is N#CCc1cnc(-c2cccnc2)c(Cl)c1. The number of nitriles is 1. The van der Waals surface area contributed by atoms with Crippen molar-refractivity contribution in [1.82, 2.24) is 9.97 Å². The Bertz CT molecular complexity index is 532. The molecular formula is C12H8ClN3. The smallest absolute Gasteiger partial charge is 0.0903 e. The van der Waals surface area contributed by atoms with Crippen LogP contribution < -0.4 is 0 Å². The van der Waals surface area contributed by atoms with Gasteiger partial charge in [0.1, 0.15) is 0 Å². The lowest BCUT2D eigenvalue weighted by Crippen LogP contribution is -1.89. The molecule has 0 spiro atoms. The fourth-order valence-electron chi connectivity index (χ4n) is 1.38. The number of hydrogen-bond acceptors (Lipinski definition) is 3. The number of hydrogen-bond donors (Lipinski definition) is 0. The highest BCUT2D eigenvalue weighted by molar-refractivity contribution is 6.33. The first kappa shape index (κ1) is 10.6. The minimum absolute atomic E-state index is 0.319. The molecule has 0 aromatic carbocycles. The molecule has 2 rings (SSSR count). The molecule has 0 saturated carbocycles. The van der Waals surface area contributed by atoms with Crippen LogP contribution in [0.25, 0.3) is 11.3 Å². The summed E-state index contributed by atoms with van der Waals surface area (Å²) in [6, 6.07) is 7.55. The summed E-state index contributed by atoms with van der Waals surface area (Å²) in [7, 11) is 0. The summed E-state index contributed by atoms with van der Waals surface area (Å²) in [6.07, 6.45) is 5.39. The van der Waals surface area contributed by atoms with Gasteiger partial charge in [0, 0.05) is 24.2 Å². The van der Waals surface area contributed by atoms with E-state index in [-0.39, 0.29) is 0 Å². The van der Waals surface area contributed by atoms with E-state index in [1.807, 2.05) is 12.1 Å². The molecule has 0 aliphatic carbocycles. The molecule has 0 N–H and O–H groups in total. The van der Waals surface area contributed by atoms with Gasteiger partial charge in [-0.1, -0.05) is 11.6 Å². The third-order valence-corrected chi connectivity index (χ3v) is 2.40. The normalized spacial score (nSPS) is 9.75. The molecule has 4 heteroatoms. The highest BCUT2D eigenvalue weighted by atomic mass is 35.5. The standard InChI is InChI=1S/C12H8ClN3/c13-11-6-9(3-4-14)7-16-12(11)10-2-1-5-15-8-10/h1-2,5-8H,3H2. The minimum Gasteiger partial charge on any atom is -0.264 e. The first-order chi connectivity index (χ1) is 7.81. The van der Waals surface area contributed by atoms with E-state index >= 15 is 0 Å². The maximum absolute atomic E-state index is 8.57. The number of halogens is 1. The molecule has 2 aromatic rings. The van der Waals surface area contributed by atoms with Gasteiger partial charge in [-0.15, -0.1) is 0 Å². The van der Waals surface area contributed by atoms with Crippen molar-refractivity contribution >= 4 is 11.6 Å². The summed E-state index contributed by atoms with van der Waals surface area (Å²) >= 11 is 6.10. The van der Waals surface area contributed by atoms with Gasteiger partial charge in [0.25, 0.3) is 0 Å². The lowest BCUT2D eigenvalue weighted by atomic mass is 10.1. The van der Waals surface area contributed by atoms with E-state index in [1.165, 1.54) is 0 Å². The maximum Gasteiger partial charge on any atom is 0.0903 e. The third kappa shape index (κ3) is 2.18. The predicted molar refractivity (Wildman–Crippen MR) is 61.8 cm³/mol. The van der Waals surface area contributed by atoms with Gasteiger partial charge in [0.15, 0.2) is 0 Å². The van der Waals surface area contributed by atoms with E-state index in [1.54, 1.807) is 24.7 Å². The molecule has 78 valence electrons. The first-order valence-electron chi connectivity index (χ1n) is 4.73. The fourth-order valence-corrected chi connectivity index (χ4v) is 1.68. The van der Waals surface area contributed by atoms with E-state index in [2.05, 4.69) is 16.0 Å². The molecule has 2 aromatic heterocycles. The Morgan fingerprint density at radius 2 is 2.25 bits per heavy atom. The van der Waals surface area contributed by atoms with E-state index in [4.69, 9.17) is 16.9 Å². The van der Waals surface area contributed by atoms with Crippen molar-refractivity contribution < 1.29 is 0 Å². The Hall–Kier alpha value is -1.92. The van der Waals surface area contributed by atoms with Crippen molar-refractivity contribution in [3.8, 4) is 17.3 Å². The highest BCUT2D eigenvalue weighted by Crippen LogP contribution is 2.25. The lowest BCUT2D eigenvalue weighted by Gasteiger charge is -2.03. The molecule has 3 nitrogen and oxygen atoms in total. The molecule has 0 aliphatic heterocycles. The van der Waals surface area contributed by atoms with Crippen molar-refractivity contribution in [2.75, 3.05) is 0 Å². The molecule has 0 unspecified atom stereocenters. The Balaban J connectivity index is 2.41. The van der Waals surface area contributed by atoms with Crippen LogP contribution in [0.15, 0.2) is 36.8 Å². The summed E-state index contributed by atoms with van der Waals surface area (Å²) in [5.74, 6) is 0. The van der Waals surface area contributed by atoms with E-state index in [0.29, 0.717) is 17.1 Å². The van der Waals surface area contributed by atoms with Crippen LogP contribution in [0.1, 0.15) is 5.56 Å². The van der Waals surface area contributed by atoms with E-state index in [9.17, 15) is 0 Å². The molecule has 2 heterocycles. The zero-order chi connectivity index (χ0) is 11.4. The molecule has 16 heavy (non-hydrogen) atoms. The van der Waals surface area contributed by atoms with Crippen LogP contribution in [0.3, 0.4) is 0 Å². The average Bonchev–Trinajstić information content (AvgIpc) is 2.31. The van der Waals surface area contributed by atoms with E-state index < -0.39 is 0 Å². The summed E-state index contributed by atoms with van der Waals surface area (Å²) < 4.78 is 0. The lowest BCUT2D eigenvalue weighted by molar-refractivity contribution is 1.19. The predicted octanol–water partition coefficient (Wildman–Crippen LogP) is 2.86. The van der Waals surface area contributed by atoms with Gasteiger partial charge in [-0.2, -0.15) is 5.26 Å². The van der Waals surface area contributed by atoms with Gasteiger partial charge < -0.3 is 0 Å². The Morgan fingerprint density at radius 1 is 1.38 bits per heavy atom. The average molecular weight is 230 g/mol. The summed E-state index contributed by atoms with van der Waals surface area (Å²) in [4.78, 5) is 8.25. The number of aromatic nitrogens is 2. The van der Waals surface area contributed by atoms with Gasteiger partial charge >= 0.3 is 0 Å². The number of pyridine rings is 2. The van der Waals surface area contributed by atoms with Crippen molar-refractivity contribution in [2.45, 2.75) is 6.42 Å². The molecule has 0 aliphatic rings. The second kappa shape index (κ2) is 4.73. The molecule has 0 bridgehead atoms. The maximum atomic E-state index is 8.57. The van der Waals surface area contributed by atoms with E-state index in [0.717, 1.165) is 11.1 Å². The third-order valence-electron chi connectivity index (χ3n) is 2.12. The van der Waals surface area contributed by atoms with Gasteiger partial charge in [-0.3, -0.25) is 9.97 Å². The van der Waals surface area contributed by atoms with Gasteiger partial charge in [-0.25, -0.2) is 0 Å². The molecular weight excluding hydrogens is 222 g/mol. The Kier molecular flexibility index (Phi) is 3.13. The van der Waals surface area contributed by atoms with Crippen molar-refractivity contribution in [3.05, 3.63) is 47.4 Å². The fraction of sp³-hybridized carbons (Fsp3) is 0.0833. The van der Waals surface area contributed by atoms with Crippen molar-refractivity contribution in [1.29, 1.82) is 5.26 Å². The molecule has 0 amide bonds. The quantitative estimate of drug-likeness (QED) is 0.796. The van der Waals surface area contributed by atoms with Crippen LogP contribution in [0.5, 0.6) is 0 Å². The Morgan fingerprint density at radius 3 is 2.88 bits per heavy atom.